The van der Waals surface area contributed by atoms with Crippen molar-refractivity contribution in [2.24, 2.45) is 0 Å². The van der Waals surface area contributed by atoms with Gasteiger partial charge >= 0.3 is 6.03 Å². The molecule has 0 saturated carbocycles. The molecule has 3 nitrogen and oxygen atoms in total. The first-order valence-corrected chi connectivity index (χ1v) is 6.55. The summed E-state index contributed by atoms with van der Waals surface area (Å²) in [5.74, 6) is -0.811. The van der Waals surface area contributed by atoms with E-state index in [1.165, 1.54) is 30.3 Å². The number of hydrogen-bond acceptors (Lipinski definition) is 1. The molecule has 0 bridgehead atoms. The van der Waals surface area contributed by atoms with Crippen LogP contribution in [0.3, 0.4) is 0 Å². The SMILES string of the molecule is Cc1c(F)cccc1NC(=O)Nc1ccc(F)cc1Br. The molecule has 2 rings (SSSR count). The van der Waals surface area contributed by atoms with Crippen LogP contribution in [0.4, 0.5) is 25.0 Å². The molecule has 2 aromatic rings. The van der Waals surface area contributed by atoms with Crippen LogP contribution in [-0.2, 0) is 0 Å². The Hall–Kier alpha value is -1.95. The topological polar surface area (TPSA) is 41.1 Å². The zero-order valence-electron chi connectivity index (χ0n) is 10.5. The lowest BCUT2D eigenvalue weighted by atomic mass is 10.2. The summed E-state index contributed by atoms with van der Waals surface area (Å²) in [6.07, 6.45) is 0. The van der Waals surface area contributed by atoms with E-state index in [0.717, 1.165) is 0 Å². The van der Waals surface area contributed by atoms with E-state index < -0.39 is 17.7 Å². The van der Waals surface area contributed by atoms with Gasteiger partial charge in [-0.05, 0) is 53.2 Å². The van der Waals surface area contributed by atoms with Crippen LogP contribution >= 0.6 is 15.9 Å². The molecule has 0 aliphatic rings. The molecule has 0 unspecified atom stereocenters. The highest BCUT2D eigenvalue weighted by Crippen LogP contribution is 2.23. The zero-order chi connectivity index (χ0) is 14.7. The summed E-state index contributed by atoms with van der Waals surface area (Å²) < 4.78 is 26.7. The summed E-state index contributed by atoms with van der Waals surface area (Å²) in [5, 5.41) is 5.08. The maximum atomic E-state index is 13.3. The molecule has 2 N–H and O–H groups in total. The molecule has 0 saturated heterocycles. The molecule has 0 aromatic heterocycles. The summed E-state index contributed by atoms with van der Waals surface area (Å²) in [6, 6.07) is 7.78. The number of nitrogens with one attached hydrogen (secondary N) is 2. The second-order valence-corrected chi connectivity index (χ2v) is 4.97. The lowest BCUT2D eigenvalue weighted by Gasteiger charge is -2.11. The van der Waals surface area contributed by atoms with E-state index in [0.29, 0.717) is 21.4 Å². The molecule has 0 aliphatic carbocycles. The van der Waals surface area contributed by atoms with Gasteiger partial charge in [0.1, 0.15) is 11.6 Å². The molecule has 0 fully saturated rings. The fourth-order valence-corrected chi connectivity index (χ4v) is 2.06. The van der Waals surface area contributed by atoms with Crippen molar-refractivity contribution in [1.29, 1.82) is 0 Å². The molecule has 0 atom stereocenters. The Morgan fingerprint density at radius 3 is 2.50 bits per heavy atom. The van der Waals surface area contributed by atoms with E-state index in [-0.39, 0.29) is 0 Å². The second kappa shape index (κ2) is 6.00. The smallest absolute Gasteiger partial charge is 0.307 e. The van der Waals surface area contributed by atoms with Gasteiger partial charge in [-0.2, -0.15) is 0 Å². The Kier molecular flexibility index (Phi) is 4.34. The van der Waals surface area contributed by atoms with Crippen LogP contribution < -0.4 is 10.6 Å². The van der Waals surface area contributed by atoms with Gasteiger partial charge in [0.15, 0.2) is 0 Å². The summed E-state index contributed by atoms with van der Waals surface area (Å²) >= 11 is 3.14. The number of benzene rings is 2. The number of carbonyl (C=O) groups is 1. The van der Waals surface area contributed by atoms with Crippen molar-refractivity contribution < 1.29 is 13.6 Å². The van der Waals surface area contributed by atoms with Crippen LogP contribution in [0.15, 0.2) is 40.9 Å². The van der Waals surface area contributed by atoms with Crippen LogP contribution in [0.5, 0.6) is 0 Å². The van der Waals surface area contributed by atoms with Crippen molar-refractivity contribution in [2.75, 3.05) is 10.6 Å². The van der Waals surface area contributed by atoms with E-state index in [1.807, 2.05) is 0 Å². The van der Waals surface area contributed by atoms with Gasteiger partial charge in [0, 0.05) is 15.7 Å². The molecule has 0 radical (unpaired) electrons. The Morgan fingerprint density at radius 1 is 1.10 bits per heavy atom. The molecule has 20 heavy (non-hydrogen) atoms. The van der Waals surface area contributed by atoms with Crippen LogP contribution in [0.1, 0.15) is 5.56 Å². The molecular formula is C14H11BrF2N2O. The van der Waals surface area contributed by atoms with Gasteiger partial charge in [0.2, 0.25) is 0 Å². The number of urea groups is 1. The number of rotatable bonds is 2. The third kappa shape index (κ3) is 3.33. The normalized spacial score (nSPS) is 10.2. The monoisotopic (exact) mass is 340 g/mol. The predicted octanol–water partition coefficient (Wildman–Crippen LogP) is 4.68. The average molecular weight is 341 g/mol. The largest absolute Gasteiger partial charge is 0.323 e. The number of halogens is 3. The molecule has 0 spiro atoms. The highest BCUT2D eigenvalue weighted by atomic mass is 79.9. The zero-order valence-corrected chi connectivity index (χ0v) is 12.1. The van der Waals surface area contributed by atoms with E-state index in [4.69, 9.17) is 0 Å². The summed E-state index contributed by atoms with van der Waals surface area (Å²) in [7, 11) is 0. The van der Waals surface area contributed by atoms with E-state index in [1.54, 1.807) is 13.0 Å². The van der Waals surface area contributed by atoms with Gasteiger partial charge in [-0.1, -0.05) is 6.07 Å². The Balaban J connectivity index is 2.11. The first kappa shape index (κ1) is 14.5. The molecule has 0 aliphatic heterocycles. The van der Waals surface area contributed by atoms with Gasteiger partial charge < -0.3 is 10.6 Å². The quantitative estimate of drug-likeness (QED) is 0.818. The van der Waals surface area contributed by atoms with Crippen LogP contribution in [0, 0.1) is 18.6 Å². The number of amides is 2. The first-order valence-electron chi connectivity index (χ1n) is 5.75. The fraction of sp³-hybridized carbons (Fsp3) is 0.0714. The standard InChI is InChI=1S/C14H11BrF2N2O/c1-8-11(17)3-2-4-12(8)18-14(20)19-13-6-5-9(16)7-10(13)15/h2-7H,1H3,(H2,18,19,20). The van der Waals surface area contributed by atoms with Gasteiger partial charge in [-0.3, -0.25) is 0 Å². The Morgan fingerprint density at radius 2 is 1.80 bits per heavy atom. The minimum Gasteiger partial charge on any atom is -0.307 e. The second-order valence-electron chi connectivity index (χ2n) is 4.12. The van der Waals surface area contributed by atoms with Gasteiger partial charge in [-0.15, -0.1) is 0 Å². The van der Waals surface area contributed by atoms with E-state index in [9.17, 15) is 13.6 Å². The first-order chi connectivity index (χ1) is 9.47. The van der Waals surface area contributed by atoms with Crippen molar-refractivity contribution >= 4 is 33.3 Å². The highest BCUT2D eigenvalue weighted by Gasteiger charge is 2.09. The maximum Gasteiger partial charge on any atom is 0.323 e. The lowest BCUT2D eigenvalue weighted by molar-refractivity contribution is 0.262. The highest BCUT2D eigenvalue weighted by molar-refractivity contribution is 9.10. The van der Waals surface area contributed by atoms with E-state index in [2.05, 4.69) is 26.6 Å². The summed E-state index contributed by atoms with van der Waals surface area (Å²) in [4.78, 5) is 11.8. The number of anilines is 2. The minimum absolute atomic E-state index is 0.348. The van der Waals surface area contributed by atoms with Crippen LogP contribution in [0.2, 0.25) is 0 Å². The third-order valence-electron chi connectivity index (χ3n) is 2.70. The van der Waals surface area contributed by atoms with E-state index >= 15 is 0 Å². The summed E-state index contributed by atoms with van der Waals surface area (Å²) in [6.45, 7) is 1.57. The van der Waals surface area contributed by atoms with Gasteiger partial charge in [0.05, 0.1) is 5.69 Å². The fourth-order valence-electron chi connectivity index (χ4n) is 1.61. The number of carbonyl (C=O) groups excluding carboxylic acids is 1. The molecule has 104 valence electrons. The predicted molar refractivity (Wildman–Crippen MR) is 77.9 cm³/mol. The van der Waals surface area contributed by atoms with Gasteiger partial charge in [0.25, 0.3) is 0 Å². The molecular weight excluding hydrogens is 330 g/mol. The Labute approximate surface area is 123 Å². The summed E-state index contributed by atoms with van der Waals surface area (Å²) in [5.41, 5.74) is 1.14. The molecule has 2 aromatic carbocycles. The van der Waals surface area contributed by atoms with Crippen LogP contribution in [-0.4, -0.2) is 6.03 Å². The maximum absolute atomic E-state index is 13.3. The lowest BCUT2D eigenvalue weighted by Crippen LogP contribution is -2.20. The van der Waals surface area contributed by atoms with Gasteiger partial charge in [-0.25, -0.2) is 13.6 Å². The Bertz CT molecular complexity index is 662. The van der Waals surface area contributed by atoms with Crippen molar-refractivity contribution in [3.05, 3.63) is 58.1 Å². The molecule has 0 heterocycles. The molecule has 6 heteroatoms. The average Bonchev–Trinajstić information content (AvgIpc) is 2.38. The van der Waals surface area contributed by atoms with Crippen molar-refractivity contribution in [3.63, 3.8) is 0 Å². The van der Waals surface area contributed by atoms with Crippen LogP contribution in [0.25, 0.3) is 0 Å². The van der Waals surface area contributed by atoms with Crippen molar-refractivity contribution in [1.82, 2.24) is 0 Å². The minimum atomic E-state index is -0.536. The molecule has 2 amide bonds. The van der Waals surface area contributed by atoms with Crippen molar-refractivity contribution in [3.8, 4) is 0 Å². The van der Waals surface area contributed by atoms with Crippen molar-refractivity contribution in [2.45, 2.75) is 6.92 Å². The number of hydrogen-bond donors (Lipinski definition) is 2. The third-order valence-corrected chi connectivity index (χ3v) is 3.35.